The highest BCUT2D eigenvalue weighted by Gasteiger charge is 2.24. The van der Waals surface area contributed by atoms with E-state index in [1.165, 1.54) is 28.6 Å². The summed E-state index contributed by atoms with van der Waals surface area (Å²) in [5.41, 5.74) is 1.62. The molecule has 0 bridgehead atoms. The summed E-state index contributed by atoms with van der Waals surface area (Å²) in [4.78, 5) is 42.2. The van der Waals surface area contributed by atoms with Gasteiger partial charge < -0.3 is 14.0 Å². The minimum atomic E-state index is -3.86. The SMILES string of the molecule is CCOC(=O)Cn1c(=NC(=O)c2ccc(S(=O)(=O)N(CC)c3ccccc3)cc2)sc2cc(C(=O)OCC)ccc21. The van der Waals surface area contributed by atoms with E-state index < -0.39 is 27.9 Å². The smallest absolute Gasteiger partial charge is 0.338 e. The van der Waals surface area contributed by atoms with Crippen molar-refractivity contribution in [2.45, 2.75) is 32.2 Å². The molecule has 0 spiro atoms. The predicted molar refractivity (Wildman–Crippen MR) is 155 cm³/mol. The summed E-state index contributed by atoms with van der Waals surface area (Å²) in [7, 11) is -3.86. The molecule has 0 atom stereocenters. The molecule has 0 aliphatic carbocycles. The van der Waals surface area contributed by atoms with Crippen LogP contribution < -0.4 is 9.11 Å². The summed E-state index contributed by atoms with van der Waals surface area (Å²) in [6.45, 7) is 5.60. The first-order valence-corrected chi connectivity index (χ1v) is 15.2. The second kappa shape index (κ2) is 12.9. The van der Waals surface area contributed by atoms with Crippen LogP contribution in [0.25, 0.3) is 10.2 Å². The van der Waals surface area contributed by atoms with E-state index in [9.17, 15) is 22.8 Å². The summed E-state index contributed by atoms with van der Waals surface area (Å²) >= 11 is 1.13. The van der Waals surface area contributed by atoms with Crippen molar-refractivity contribution in [2.75, 3.05) is 24.1 Å². The van der Waals surface area contributed by atoms with Crippen molar-refractivity contribution in [1.82, 2.24) is 4.57 Å². The molecule has 12 heteroatoms. The lowest BCUT2D eigenvalue weighted by Gasteiger charge is -2.22. The zero-order chi connectivity index (χ0) is 29.6. The quantitative estimate of drug-likeness (QED) is 0.249. The maximum Gasteiger partial charge on any atom is 0.338 e. The van der Waals surface area contributed by atoms with E-state index in [0.29, 0.717) is 21.5 Å². The summed E-state index contributed by atoms with van der Waals surface area (Å²) < 4.78 is 40.2. The first-order chi connectivity index (χ1) is 19.7. The van der Waals surface area contributed by atoms with Crippen molar-refractivity contribution in [3.05, 3.63) is 88.7 Å². The van der Waals surface area contributed by atoms with Crippen molar-refractivity contribution in [1.29, 1.82) is 0 Å². The van der Waals surface area contributed by atoms with Gasteiger partial charge in [-0.15, -0.1) is 0 Å². The molecule has 1 aromatic heterocycles. The number of esters is 2. The van der Waals surface area contributed by atoms with Crippen LogP contribution in [0.2, 0.25) is 0 Å². The van der Waals surface area contributed by atoms with Gasteiger partial charge in [0.1, 0.15) is 6.54 Å². The molecule has 214 valence electrons. The number of nitrogens with zero attached hydrogens (tertiary/aromatic N) is 3. The van der Waals surface area contributed by atoms with Crippen LogP contribution in [0.3, 0.4) is 0 Å². The Labute approximate surface area is 241 Å². The minimum absolute atomic E-state index is 0.0329. The van der Waals surface area contributed by atoms with E-state index in [2.05, 4.69) is 4.99 Å². The number of carbonyl (C=O) groups excluding carboxylic acids is 3. The van der Waals surface area contributed by atoms with Gasteiger partial charge in [0.2, 0.25) is 0 Å². The van der Waals surface area contributed by atoms with Gasteiger partial charge in [0.15, 0.2) is 4.80 Å². The Hall–Kier alpha value is -4.29. The van der Waals surface area contributed by atoms with E-state index in [1.54, 1.807) is 73.9 Å². The number of sulfonamides is 1. The van der Waals surface area contributed by atoms with Crippen LogP contribution in [0.5, 0.6) is 0 Å². The Kier molecular flexibility index (Phi) is 9.35. The average Bonchev–Trinajstić information content (AvgIpc) is 3.29. The summed E-state index contributed by atoms with van der Waals surface area (Å²) in [6, 6.07) is 19.1. The van der Waals surface area contributed by atoms with Gasteiger partial charge in [-0.1, -0.05) is 29.5 Å². The van der Waals surface area contributed by atoms with Gasteiger partial charge in [-0.25, -0.2) is 13.2 Å². The highest BCUT2D eigenvalue weighted by atomic mass is 32.2. The summed E-state index contributed by atoms with van der Waals surface area (Å²) in [5.74, 6) is -1.62. The molecular formula is C29H29N3O7S2. The van der Waals surface area contributed by atoms with Gasteiger partial charge in [-0.05, 0) is 75.4 Å². The van der Waals surface area contributed by atoms with E-state index in [0.717, 1.165) is 11.3 Å². The molecular weight excluding hydrogens is 566 g/mol. The number of hydrogen-bond acceptors (Lipinski definition) is 8. The van der Waals surface area contributed by atoms with E-state index in [4.69, 9.17) is 9.47 Å². The van der Waals surface area contributed by atoms with Crippen LogP contribution in [0.15, 0.2) is 82.7 Å². The number of ether oxygens (including phenoxy) is 2. The summed E-state index contributed by atoms with van der Waals surface area (Å²) in [5, 5.41) is 0. The Morgan fingerprint density at radius 3 is 2.17 bits per heavy atom. The lowest BCUT2D eigenvalue weighted by atomic mass is 10.2. The third-order valence-electron chi connectivity index (χ3n) is 6.00. The molecule has 0 radical (unpaired) electrons. The molecule has 0 saturated heterocycles. The highest BCUT2D eigenvalue weighted by Crippen LogP contribution is 2.24. The first-order valence-electron chi connectivity index (χ1n) is 12.9. The maximum absolute atomic E-state index is 13.3. The molecule has 1 heterocycles. The molecule has 41 heavy (non-hydrogen) atoms. The fraction of sp³-hybridized carbons (Fsp3) is 0.241. The standard InChI is InChI=1S/C29H29N3O7S2/c1-4-32(22-10-8-7-9-11-22)41(36,37)23-15-12-20(13-16-23)27(34)30-29-31(19-26(33)38-5-2)24-17-14-21(18-25(24)40-29)28(35)39-6-3/h7-18H,4-6,19H2,1-3H3. The van der Waals surface area contributed by atoms with E-state index in [1.807, 2.05) is 0 Å². The summed E-state index contributed by atoms with van der Waals surface area (Å²) in [6.07, 6.45) is 0. The van der Waals surface area contributed by atoms with Crippen molar-refractivity contribution in [2.24, 2.45) is 4.99 Å². The van der Waals surface area contributed by atoms with Gasteiger partial charge in [-0.3, -0.25) is 13.9 Å². The molecule has 4 aromatic rings. The minimum Gasteiger partial charge on any atom is -0.465 e. The second-order valence-corrected chi connectivity index (χ2v) is 11.5. The molecule has 10 nitrogen and oxygen atoms in total. The monoisotopic (exact) mass is 595 g/mol. The van der Waals surface area contributed by atoms with Crippen LogP contribution in [0.1, 0.15) is 41.5 Å². The number of hydrogen-bond donors (Lipinski definition) is 0. The molecule has 3 aromatic carbocycles. The zero-order valence-corrected chi connectivity index (χ0v) is 24.4. The third kappa shape index (κ3) is 6.55. The predicted octanol–water partition coefficient (Wildman–Crippen LogP) is 4.40. The molecule has 0 saturated carbocycles. The molecule has 0 aliphatic heterocycles. The van der Waals surface area contributed by atoms with Gasteiger partial charge in [0, 0.05) is 12.1 Å². The third-order valence-corrected chi connectivity index (χ3v) is 8.96. The lowest BCUT2D eigenvalue weighted by Crippen LogP contribution is -2.30. The number of benzene rings is 3. The molecule has 0 aliphatic rings. The van der Waals surface area contributed by atoms with Gasteiger partial charge >= 0.3 is 11.9 Å². The average molecular weight is 596 g/mol. The topological polar surface area (TPSA) is 124 Å². The number of thiazole rings is 1. The largest absolute Gasteiger partial charge is 0.465 e. The molecule has 1 amide bonds. The number of carbonyl (C=O) groups is 3. The van der Waals surface area contributed by atoms with E-state index >= 15 is 0 Å². The number of aromatic nitrogens is 1. The van der Waals surface area contributed by atoms with Gasteiger partial charge in [0.05, 0.1) is 39.6 Å². The second-order valence-electron chi connectivity index (χ2n) is 8.63. The number of anilines is 1. The Balaban J connectivity index is 1.70. The van der Waals surface area contributed by atoms with Crippen LogP contribution in [0, 0.1) is 0 Å². The number of rotatable bonds is 10. The van der Waals surface area contributed by atoms with Crippen LogP contribution in [-0.4, -0.2) is 50.6 Å². The lowest BCUT2D eigenvalue weighted by molar-refractivity contribution is -0.143. The molecule has 0 fully saturated rings. The molecule has 0 unspecified atom stereocenters. The number of amides is 1. The van der Waals surface area contributed by atoms with Crippen LogP contribution >= 0.6 is 11.3 Å². The van der Waals surface area contributed by atoms with E-state index in [-0.39, 0.29) is 41.6 Å². The van der Waals surface area contributed by atoms with Gasteiger partial charge in [-0.2, -0.15) is 4.99 Å². The number of para-hydroxylation sites is 1. The van der Waals surface area contributed by atoms with Crippen molar-refractivity contribution >= 4 is 55.1 Å². The zero-order valence-electron chi connectivity index (χ0n) is 22.8. The first kappa shape index (κ1) is 29.7. The normalized spacial score (nSPS) is 11.8. The molecule has 4 rings (SSSR count). The maximum atomic E-state index is 13.3. The van der Waals surface area contributed by atoms with Crippen molar-refractivity contribution in [3.63, 3.8) is 0 Å². The molecule has 0 N–H and O–H groups in total. The van der Waals surface area contributed by atoms with Crippen molar-refractivity contribution in [3.8, 4) is 0 Å². The fourth-order valence-corrected chi connectivity index (χ4v) is 6.66. The fourth-order valence-electron chi connectivity index (χ4n) is 4.12. The van der Waals surface area contributed by atoms with Crippen LogP contribution in [-0.2, 0) is 30.8 Å². The highest BCUT2D eigenvalue weighted by molar-refractivity contribution is 7.92. The Bertz CT molecular complexity index is 1740. The Morgan fingerprint density at radius 2 is 1.54 bits per heavy atom. The Morgan fingerprint density at radius 1 is 0.878 bits per heavy atom. The van der Waals surface area contributed by atoms with Gasteiger partial charge in [0.25, 0.3) is 15.9 Å². The number of fused-ring (bicyclic) bond motifs is 1. The van der Waals surface area contributed by atoms with Crippen molar-refractivity contribution < 1.29 is 32.3 Å². The van der Waals surface area contributed by atoms with Crippen LogP contribution in [0.4, 0.5) is 5.69 Å².